The number of aromatic nitrogens is 2. The van der Waals surface area contributed by atoms with Crippen LogP contribution in [-0.2, 0) is 4.74 Å². The molecule has 4 aromatic rings. The number of nitrogens with one attached hydrogen (secondary N) is 1. The van der Waals surface area contributed by atoms with Gasteiger partial charge in [-0.25, -0.2) is 14.7 Å². The van der Waals surface area contributed by atoms with Crippen LogP contribution in [0.15, 0.2) is 65.5 Å². The van der Waals surface area contributed by atoms with Gasteiger partial charge in [0.2, 0.25) is 0 Å². The normalized spacial score (nSPS) is 13.7. The average molecular weight is 467 g/mol. The van der Waals surface area contributed by atoms with E-state index in [-0.39, 0.29) is 28.1 Å². The first kappa shape index (κ1) is 22.2. The molecule has 1 aliphatic rings. The Balaban J connectivity index is 1.41. The predicted molar refractivity (Wildman–Crippen MR) is 130 cm³/mol. The summed E-state index contributed by atoms with van der Waals surface area (Å²) in [5.41, 5.74) is 2.85. The Bertz CT molecular complexity index is 1600. The van der Waals surface area contributed by atoms with Gasteiger partial charge in [-0.1, -0.05) is 24.3 Å². The number of aromatic amines is 1. The van der Waals surface area contributed by atoms with Gasteiger partial charge >= 0.3 is 5.97 Å². The van der Waals surface area contributed by atoms with E-state index >= 15 is 0 Å². The molecule has 8 nitrogen and oxygen atoms in total. The number of fused-ring (bicyclic) bond motifs is 2. The van der Waals surface area contributed by atoms with E-state index in [1.807, 2.05) is 26.0 Å². The summed E-state index contributed by atoms with van der Waals surface area (Å²) >= 11 is 0. The van der Waals surface area contributed by atoms with Gasteiger partial charge in [-0.2, -0.15) is 0 Å². The highest BCUT2D eigenvalue weighted by Crippen LogP contribution is 2.32. The van der Waals surface area contributed by atoms with Gasteiger partial charge in [-0.05, 0) is 68.3 Å². The highest BCUT2D eigenvalue weighted by atomic mass is 16.5. The third-order valence-electron chi connectivity index (χ3n) is 6.03. The lowest BCUT2D eigenvalue weighted by atomic mass is 10.1. The predicted octanol–water partition coefficient (Wildman–Crippen LogP) is 4.26. The van der Waals surface area contributed by atoms with Crippen molar-refractivity contribution < 1.29 is 19.1 Å². The van der Waals surface area contributed by atoms with Crippen LogP contribution in [0.5, 0.6) is 0 Å². The maximum atomic E-state index is 13.2. The fraction of sp³-hybridized carbons (Fsp3) is 0.148. The molecule has 0 spiro atoms. The van der Waals surface area contributed by atoms with E-state index < -0.39 is 23.9 Å². The molecule has 0 radical (unpaired) electrons. The zero-order chi connectivity index (χ0) is 24.9. The minimum Gasteiger partial charge on any atom is -0.451 e. The first-order valence-electron chi connectivity index (χ1n) is 11.0. The summed E-state index contributed by atoms with van der Waals surface area (Å²) < 4.78 is 5.51. The molecule has 2 heterocycles. The molecule has 35 heavy (non-hydrogen) atoms. The Morgan fingerprint density at radius 2 is 1.69 bits per heavy atom. The standard InChI is InChI=1S/C27H21N3O5/c1-14-8-9-15(2)22(12-14)30-25(32)18-11-10-17(13-20(18)26(30)33)27(34)35-16(3)23-28-21-7-5-4-6-19(21)24(31)29-23/h4-13,16H,1-3H3,(H,28,29,31). The third kappa shape index (κ3) is 3.78. The molecular weight excluding hydrogens is 446 g/mol. The number of benzene rings is 3. The first-order chi connectivity index (χ1) is 16.7. The van der Waals surface area contributed by atoms with Crippen LogP contribution in [-0.4, -0.2) is 27.8 Å². The Hall–Kier alpha value is -4.59. The molecule has 0 fully saturated rings. The number of imide groups is 1. The summed E-state index contributed by atoms with van der Waals surface area (Å²) in [5.74, 6) is -1.44. The quantitative estimate of drug-likeness (QED) is 0.355. The lowest BCUT2D eigenvalue weighted by Crippen LogP contribution is -2.30. The number of amides is 2. The topological polar surface area (TPSA) is 109 Å². The highest BCUT2D eigenvalue weighted by Gasteiger charge is 2.38. The summed E-state index contributed by atoms with van der Waals surface area (Å²) in [6.45, 7) is 5.30. The molecule has 1 unspecified atom stereocenters. The number of aryl methyl sites for hydroxylation is 2. The van der Waals surface area contributed by atoms with Crippen molar-refractivity contribution in [1.82, 2.24) is 9.97 Å². The Kier molecular flexibility index (Phi) is 5.28. The fourth-order valence-corrected chi connectivity index (χ4v) is 4.13. The van der Waals surface area contributed by atoms with Gasteiger partial charge in [0, 0.05) is 0 Å². The van der Waals surface area contributed by atoms with Gasteiger partial charge in [0.25, 0.3) is 17.4 Å². The third-order valence-corrected chi connectivity index (χ3v) is 6.03. The molecule has 0 saturated heterocycles. The Morgan fingerprint density at radius 3 is 2.49 bits per heavy atom. The number of hydrogen-bond acceptors (Lipinski definition) is 6. The van der Waals surface area contributed by atoms with Gasteiger partial charge in [-0.3, -0.25) is 14.4 Å². The van der Waals surface area contributed by atoms with E-state index in [0.29, 0.717) is 16.6 Å². The number of anilines is 1. The monoisotopic (exact) mass is 467 g/mol. The summed E-state index contributed by atoms with van der Waals surface area (Å²) in [7, 11) is 0. The van der Waals surface area contributed by atoms with Crippen LogP contribution in [0, 0.1) is 13.8 Å². The number of carbonyl (C=O) groups excluding carboxylic acids is 3. The van der Waals surface area contributed by atoms with Crippen LogP contribution < -0.4 is 10.5 Å². The Morgan fingerprint density at radius 1 is 0.943 bits per heavy atom. The van der Waals surface area contributed by atoms with E-state index in [1.165, 1.54) is 18.2 Å². The number of para-hydroxylation sites is 1. The molecular formula is C27H21N3O5. The van der Waals surface area contributed by atoms with Crippen LogP contribution in [0.2, 0.25) is 0 Å². The molecule has 1 aliphatic heterocycles. The van der Waals surface area contributed by atoms with Crippen LogP contribution in [0.1, 0.15) is 61.1 Å². The molecule has 0 saturated carbocycles. The number of ether oxygens (including phenoxy) is 1. The largest absolute Gasteiger partial charge is 0.451 e. The van der Waals surface area contributed by atoms with E-state index in [9.17, 15) is 19.2 Å². The van der Waals surface area contributed by atoms with E-state index in [4.69, 9.17) is 4.74 Å². The molecule has 5 rings (SSSR count). The van der Waals surface area contributed by atoms with Crippen molar-refractivity contribution in [3.8, 4) is 0 Å². The maximum absolute atomic E-state index is 13.2. The summed E-state index contributed by atoms with van der Waals surface area (Å²) in [4.78, 5) is 59.5. The zero-order valence-corrected chi connectivity index (χ0v) is 19.3. The summed E-state index contributed by atoms with van der Waals surface area (Å²) in [5, 5.41) is 0.435. The number of H-pyrrole nitrogens is 1. The van der Waals surface area contributed by atoms with Crippen LogP contribution in [0.3, 0.4) is 0 Å². The van der Waals surface area contributed by atoms with E-state index in [2.05, 4.69) is 9.97 Å². The van der Waals surface area contributed by atoms with Crippen molar-refractivity contribution in [2.75, 3.05) is 4.90 Å². The van der Waals surface area contributed by atoms with Crippen molar-refractivity contribution in [3.63, 3.8) is 0 Å². The van der Waals surface area contributed by atoms with E-state index in [1.54, 1.807) is 37.3 Å². The SMILES string of the molecule is Cc1ccc(C)c(N2C(=O)c3ccc(C(=O)OC(C)c4nc5ccccc5c(=O)[nH]4)cc3C2=O)c1. The van der Waals surface area contributed by atoms with Crippen LogP contribution in [0.4, 0.5) is 5.69 Å². The van der Waals surface area contributed by atoms with Crippen molar-refractivity contribution in [3.05, 3.63) is 105 Å². The molecule has 1 atom stereocenters. The second-order valence-electron chi connectivity index (χ2n) is 8.51. The number of hydrogen-bond donors (Lipinski definition) is 1. The number of rotatable bonds is 4. The first-order valence-corrected chi connectivity index (χ1v) is 11.0. The van der Waals surface area contributed by atoms with Crippen molar-refractivity contribution in [1.29, 1.82) is 0 Å². The molecule has 0 bridgehead atoms. The molecule has 8 heteroatoms. The van der Waals surface area contributed by atoms with Gasteiger partial charge < -0.3 is 9.72 Å². The average Bonchev–Trinajstić information content (AvgIpc) is 3.09. The van der Waals surface area contributed by atoms with Gasteiger partial charge in [0.15, 0.2) is 11.9 Å². The lowest BCUT2D eigenvalue weighted by molar-refractivity contribution is 0.0319. The van der Waals surface area contributed by atoms with Crippen molar-refractivity contribution in [2.45, 2.75) is 26.9 Å². The lowest BCUT2D eigenvalue weighted by Gasteiger charge is -2.17. The van der Waals surface area contributed by atoms with Crippen molar-refractivity contribution >= 4 is 34.4 Å². The number of esters is 1. The molecule has 0 aliphatic carbocycles. The minimum atomic E-state index is -0.850. The molecule has 1 aromatic heterocycles. The van der Waals surface area contributed by atoms with Crippen molar-refractivity contribution in [2.24, 2.45) is 0 Å². The smallest absolute Gasteiger partial charge is 0.338 e. The van der Waals surface area contributed by atoms with Crippen LogP contribution >= 0.6 is 0 Å². The summed E-state index contributed by atoms with van der Waals surface area (Å²) in [6, 6.07) is 16.7. The van der Waals surface area contributed by atoms with Crippen LogP contribution in [0.25, 0.3) is 10.9 Å². The van der Waals surface area contributed by atoms with E-state index in [0.717, 1.165) is 16.0 Å². The second-order valence-corrected chi connectivity index (χ2v) is 8.51. The Labute approximate surface area is 200 Å². The minimum absolute atomic E-state index is 0.114. The zero-order valence-electron chi connectivity index (χ0n) is 19.3. The number of carbonyl (C=O) groups is 3. The van der Waals surface area contributed by atoms with Gasteiger partial charge in [0.05, 0.1) is 33.3 Å². The van der Waals surface area contributed by atoms with Gasteiger partial charge in [-0.15, -0.1) is 0 Å². The molecule has 3 aromatic carbocycles. The highest BCUT2D eigenvalue weighted by molar-refractivity contribution is 6.35. The summed E-state index contributed by atoms with van der Waals surface area (Å²) in [6.07, 6.45) is -0.850. The maximum Gasteiger partial charge on any atom is 0.338 e. The molecule has 174 valence electrons. The number of nitrogens with zero attached hydrogens (tertiary/aromatic N) is 2. The fourth-order valence-electron chi connectivity index (χ4n) is 4.13. The molecule has 2 amide bonds. The second kappa shape index (κ2) is 8.32. The molecule has 1 N–H and O–H groups in total. The van der Waals surface area contributed by atoms with Gasteiger partial charge in [0.1, 0.15) is 0 Å².